The van der Waals surface area contributed by atoms with Crippen LogP contribution in [-0.4, -0.2) is 23.5 Å². The molecule has 1 aromatic rings. The molecule has 0 fully saturated rings. The van der Waals surface area contributed by atoms with Gasteiger partial charge in [0.25, 0.3) is 5.69 Å². The van der Waals surface area contributed by atoms with E-state index in [2.05, 4.69) is 0 Å². The van der Waals surface area contributed by atoms with Crippen molar-refractivity contribution in [2.75, 3.05) is 11.5 Å². The van der Waals surface area contributed by atoms with Crippen molar-refractivity contribution < 1.29 is 19.2 Å². The van der Waals surface area contributed by atoms with Gasteiger partial charge < -0.3 is 4.74 Å². The number of rotatable bonds is 2. The monoisotopic (exact) mass is 250 g/mol. The number of anilines is 1. The second-order valence-electron chi connectivity index (χ2n) is 3.67. The van der Waals surface area contributed by atoms with Crippen molar-refractivity contribution in [3.05, 3.63) is 33.9 Å². The summed E-state index contributed by atoms with van der Waals surface area (Å²) in [5.41, 5.74) is 0.707. The first kappa shape index (κ1) is 12.0. The van der Waals surface area contributed by atoms with Crippen LogP contribution in [0.1, 0.15) is 12.5 Å². The minimum atomic E-state index is -0.755. The number of carbonyl (C=O) groups is 2. The highest BCUT2D eigenvalue weighted by atomic mass is 16.6. The molecule has 0 bridgehead atoms. The number of carbonyl (C=O) groups excluding carboxylic acids is 2. The van der Waals surface area contributed by atoms with E-state index in [1.165, 1.54) is 18.2 Å². The minimum Gasteiger partial charge on any atom is -0.449 e. The van der Waals surface area contributed by atoms with Gasteiger partial charge in [-0.15, -0.1) is 0 Å². The van der Waals surface area contributed by atoms with Crippen molar-refractivity contribution in [2.45, 2.75) is 13.3 Å². The van der Waals surface area contributed by atoms with Gasteiger partial charge in [0, 0.05) is 12.1 Å². The molecule has 0 aromatic heterocycles. The fraction of sp³-hybridized carbons (Fsp3) is 0.273. The van der Waals surface area contributed by atoms with E-state index in [-0.39, 0.29) is 18.7 Å². The number of amides is 2. The van der Waals surface area contributed by atoms with Crippen molar-refractivity contribution in [1.29, 1.82) is 0 Å². The van der Waals surface area contributed by atoms with E-state index in [1.807, 2.05) is 0 Å². The number of non-ortho nitro benzene ring substituents is 1. The fourth-order valence-corrected chi connectivity index (χ4v) is 1.81. The van der Waals surface area contributed by atoms with Crippen molar-refractivity contribution in [3.63, 3.8) is 0 Å². The van der Waals surface area contributed by atoms with Crippen molar-refractivity contribution in [3.8, 4) is 0 Å². The molecular weight excluding hydrogens is 240 g/mol. The highest BCUT2D eigenvalue weighted by molar-refractivity contribution is 6.17. The second-order valence-corrected chi connectivity index (χ2v) is 3.67. The lowest BCUT2D eigenvalue weighted by molar-refractivity contribution is -0.384. The quantitative estimate of drug-likeness (QED) is 0.587. The predicted molar refractivity (Wildman–Crippen MR) is 61.3 cm³/mol. The molecule has 0 unspecified atom stereocenters. The second kappa shape index (κ2) is 4.44. The zero-order valence-corrected chi connectivity index (χ0v) is 9.58. The van der Waals surface area contributed by atoms with Crippen LogP contribution in [0.3, 0.4) is 0 Å². The van der Waals surface area contributed by atoms with Crippen LogP contribution in [0.4, 0.5) is 16.2 Å². The molecule has 7 heteroatoms. The van der Waals surface area contributed by atoms with E-state index in [0.717, 1.165) is 4.90 Å². The van der Waals surface area contributed by atoms with Crippen LogP contribution < -0.4 is 4.90 Å². The zero-order chi connectivity index (χ0) is 13.3. The minimum absolute atomic E-state index is 0.0319. The smallest absolute Gasteiger partial charge is 0.421 e. The fourth-order valence-electron chi connectivity index (χ4n) is 1.81. The molecule has 0 saturated heterocycles. The molecule has 2 rings (SSSR count). The molecule has 1 aromatic carbocycles. The molecule has 0 atom stereocenters. The van der Waals surface area contributed by atoms with Crippen molar-refractivity contribution in [2.24, 2.45) is 0 Å². The largest absolute Gasteiger partial charge is 0.449 e. The van der Waals surface area contributed by atoms with Crippen LogP contribution in [0.15, 0.2) is 18.2 Å². The Balaban J connectivity index is 2.38. The van der Waals surface area contributed by atoms with Crippen LogP contribution in [0, 0.1) is 10.1 Å². The number of benzene rings is 1. The highest BCUT2D eigenvalue weighted by Crippen LogP contribution is 2.32. The van der Waals surface area contributed by atoms with Gasteiger partial charge in [-0.2, -0.15) is 0 Å². The van der Waals surface area contributed by atoms with Crippen LogP contribution in [0.5, 0.6) is 0 Å². The van der Waals surface area contributed by atoms with Gasteiger partial charge in [0.15, 0.2) is 0 Å². The van der Waals surface area contributed by atoms with Crippen LogP contribution in [0.2, 0.25) is 0 Å². The molecule has 1 aliphatic rings. The molecule has 1 aliphatic heterocycles. The first-order chi connectivity index (χ1) is 8.54. The molecule has 0 aliphatic carbocycles. The molecule has 0 saturated carbocycles. The van der Waals surface area contributed by atoms with Gasteiger partial charge in [0.1, 0.15) is 0 Å². The zero-order valence-electron chi connectivity index (χ0n) is 9.58. The van der Waals surface area contributed by atoms with Gasteiger partial charge >= 0.3 is 6.09 Å². The van der Waals surface area contributed by atoms with Crippen molar-refractivity contribution >= 4 is 23.4 Å². The van der Waals surface area contributed by atoms with Crippen molar-refractivity contribution in [1.82, 2.24) is 0 Å². The topological polar surface area (TPSA) is 89.8 Å². The maximum Gasteiger partial charge on any atom is 0.421 e. The summed E-state index contributed by atoms with van der Waals surface area (Å²) in [4.78, 5) is 34.2. The van der Waals surface area contributed by atoms with Gasteiger partial charge in [-0.1, -0.05) is 0 Å². The molecule has 0 N–H and O–H groups in total. The molecule has 7 nitrogen and oxygen atoms in total. The number of ether oxygens (including phenoxy) is 1. The maximum absolute atomic E-state index is 11.7. The molecular formula is C11H10N2O5. The van der Waals surface area contributed by atoms with E-state index in [9.17, 15) is 19.7 Å². The first-order valence-corrected chi connectivity index (χ1v) is 5.31. The van der Waals surface area contributed by atoms with E-state index >= 15 is 0 Å². The number of nitrogens with zero attached hydrogens (tertiary/aromatic N) is 2. The van der Waals surface area contributed by atoms with Gasteiger partial charge in [-0.05, 0) is 18.6 Å². The molecule has 1 heterocycles. The lowest BCUT2D eigenvalue weighted by Gasteiger charge is -2.14. The first-order valence-electron chi connectivity index (χ1n) is 5.31. The van der Waals surface area contributed by atoms with E-state index in [1.54, 1.807) is 6.92 Å². The summed E-state index contributed by atoms with van der Waals surface area (Å²) >= 11 is 0. The van der Waals surface area contributed by atoms with Gasteiger partial charge in [-0.3, -0.25) is 14.9 Å². The Bertz CT molecular complexity index is 540. The summed E-state index contributed by atoms with van der Waals surface area (Å²) in [6.07, 6.45) is -0.786. The molecule has 18 heavy (non-hydrogen) atoms. The van der Waals surface area contributed by atoms with E-state index < -0.39 is 16.9 Å². The Hall–Kier alpha value is -2.44. The average molecular weight is 250 g/mol. The standard InChI is InChI=1S/C11H10N2O5/c1-2-18-11(15)12-9-4-3-8(13(16)17)5-7(9)6-10(12)14/h3-5H,2,6H2,1H3. The number of nitro benzene ring substituents is 1. The summed E-state index contributed by atoms with van der Waals surface area (Å²) in [5, 5.41) is 10.6. The lowest BCUT2D eigenvalue weighted by atomic mass is 10.1. The lowest BCUT2D eigenvalue weighted by Crippen LogP contribution is -2.34. The molecule has 0 spiro atoms. The SMILES string of the molecule is CCOC(=O)N1C(=O)Cc2cc([N+](=O)[O-])ccc21. The maximum atomic E-state index is 11.7. The Labute approximate surface area is 102 Å². The summed E-state index contributed by atoms with van der Waals surface area (Å²) in [5.74, 6) is -0.441. The Morgan fingerprint density at radius 3 is 2.89 bits per heavy atom. The third-order valence-corrected chi connectivity index (χ3v) is 2.56. The molecule has 0 radical (unpaired) electrons. The Morgan fingerprint density at radius 2 is 2.28 bits per heavy atom. The van der Waals surface area contributed by atoms with E-state index in [0.29, 0.717) is 11.3 Å². The van der Waals surface area contributed by atoms with E-state index in [4.69, 9.17) is 4.74 Å². The number of hydrogen-bond acceptors (Lipinski definition) is 5. The number of hydrogen-bond donors (Lipinski definition) is 0. The third-order valence-electron chi connectivity index (χ3n) is 2.56. The predicted octanol–water partition coefficient (Wildman–Crippen LogP) is 1.64. The normalized spacial score (nSPS) is 13.4. The number of fused-ring (bicyclic) bond motifs is 1. The van der Waals surface area contributed by atoms with Gasteiger partial charge in [-0.25, -0.2) is 9.69 Å². The average Bonchev–Trinajstić information content (AvgIpc) is 2.63. The summed E-state index contributed by atoms with van der Waals surface area (Å²) in [6.45, 7) is 1.79. The van der Waals surface area contributed by atoms with Crippen LogP contribution in [0.25, 0.3) is 0 Å². The van der Waals surface area contributed by atoms with Crippen LogP contribution >= 0.6 is 0 Å². The highest BCUT2D eigenvalue weighted by Gasteiger charge is 2.34. The van der Waals surface area contributed by atoms with Gasteiger partial charge in [0.2, 0.25) is 5.91 Å². The van der Waals surface area contributed by atoms with Gasteiger partial charge in [0.05, 0.1) is 23.6 Å². The summed E-state index contributed by atoms with van der Waals surface area (Å²) in [6, 6.07) is 3.94. The number of nitro groups is 1. The number of imide groups is 1. The third kappa shape index (κ3) is 1.90. The summed E-state index contributed by atoms with van der Waals surface area (Å²) in [7, 11) is 0. The molecule has 94 valence electrons. The summed E-state index contributed by atoms with van der Waals surface area (Å²) < 4.78 is 4.76. The van der Waals surface area contributed by atoms with Crippen LogP contribution in [-0.2, 0) is 16.0 Å². The molecule has 2 amide bonds. The Morgan fingerprint density at radius 1 is 1.56 bits per heavy atom. The Kier molecular flexibility index (Phi) is 2.97.